The molecule has 1 unspecified atom stereocenters. The third-order valence-corrected chi connectivity index (χ3v) is 13.5. The fourth-order valence-corrected chi connectivity index (χ4v) is 9.72. The Hall–Kier alpha value is -6.28. The van der Waals surface area contributed by atoms with Gasteiger partial charge in [-0.25, -0.2) is 9.78 Å². The maximum absolute atomic E-state index is 15.2. The van der Waals surface area contributed by atoms with E-state index in [1.165, 1.54) is 11.0 Å². The van der Waals surface area contributed by atoms with Gasteiger partial charge in [0, 0.05) is 35.9 Å². The van der Waals surface area contributed by atoms with E-state index in [4.69, 9.17) is 9.72 Å². The van der Waals surface area contributed by atoms with Crippen molar-refractivity contribution in [1.82, 2.24) is 31.2 Å². The standard InChI is InChI=1S/C50H58N6O8/c1-5-33-26-50(33,48(62)63)55-45(59)40-24-35(64-41-25-38(29-14-8-6-9-15-29)52-37-19-13-12-18-36(37)41)28-56(40)47(61)43(49(2,3)4)54-46(60)42(30-16-10-7-11-17-30)53-44(58)39-23-31-20-21-34(57)22-32(31)27-51-39/h5-6,8-9,12-15,18-22,25,30,33,35,39-40,42-43,51,57H,1,7,10-11,16-17,23-24,26-28H2,2-4H3,(H,53,58)(H,54,60)(H,55,59)(H,62,63)/t33?,35-,39+,40+,42+,43-,50-/m1/s1. The molecule has 0 spiro atoms. The number of carbonyl (C=O) groups excluding carboxylic acids is 4. The molecule has 4 amide bonds. The molecule has 1 saturated heterocycles. The number of hydrogen-bond donors (Lipinski definition) is 6. The first kappa shape index (κ1) is 44.3. The number of ether oxygens (including phenoxy) is 1. The van der Waals surface area contributed by atoms with Gasteiger partial charge in [0.1, 0.15) is 41.3 Å². The van der Waals surface area contributed by atoms with Crippen LogP contribution in [0.25, 0.3) is 22.2 Å². The van der Waals surface area contributed by atoms with E-state index in [-0.39, 0.29) is 37.0 Å². The van der Waals surface area contributed by atoms with Crippen molar-refractivity contribution in [2.24, 2.45) is 17.3 Å². The number of phenolic OH excluding ortho intramolecular Hbond substituents is 1. The number of carboxylic acids is 1. The van der Waals surface area contributed by atoms with E-state index in [0.29, 0.717) is 29.9 Å². The van der Waals surface area contributed by atoms with Crippen molar-refractivity contribution < 1.29 is 38.9 Å². The van der Waals surface area contributed by atoms with Gasteiger partial charge in [-0.05, 0) is 72.4 Å². The van der Waals surface area contributed by atoms with Crippen LogP contribution in [0.2, 0.25) is 0 Å². The van der Waals surface area contributed by atoms with Crippen LogP contribution in [-0.4, -0.2) is 92.0 Å². The summed E-state index contributed by atoms with van der Waals surface area (Å²) in [6.45, 7) is 9.60. The van der Waals surface area contributed by atoms with Crippen LogP contribution in [0, 0.1) is 17.3 Å². The summed E-state index contributed by atoms with van der Waals surface area (Å²) in [7, 11) is 0. The molecule has 6 N–H and O–H groups in total. The number of para-hydroxylation sites is 1. The van der Waals surface area contributed by atoms with Crippen molar-refractivity contribution in [2.45, 2.75) is 114 Å². The quantitative estimate of drug-likeness (QED) is 0.0945. The number of aliphatic carboxylic acids is 1. The van der Waals surface area contributed by atoms with Gasteiger partial charge in [-0.15, -0.1) is 6.58 Å². The number of amides is 4. The number of aromatic nitrogens is 1. The van der Waals surface area contributed by atoms with Crippen LogP contribution < -0.4 is 26.0 Å². The molecule has 2 aliphatic carbocycles. The molecule has 14 nitrogen and oxygen atoms in total. The molecule has 4 aromatic rings. The Morgan fingerprint density at radius 3 is 2.38 bits per heavy atom. The predicted octanol–water partition coefficient (Wildman–Crippen LogP) is 5.41. The number of rotatable bonds is 13. The lowest BCUT2D eigenvalue weighted by molar-refractivity contribution is -0.147. The minimum absolute atomic E-state index is 0.0307. The van der Waals surface area contributed by atoms with Crippen LogP contribution in [-0.2, 0) is 36.9 Å². The summed E-state index contributed by atoms with van der Waals surface area (Å²) < 4.78 is 6.74. The summed E-state index contributed by atoms with van der Waals surface area (Å²) in [6, 6.07) is 20.3. The largest absolute Gasteiger partial charge is 0.508 e. The zero-order valence-corrected chi connectivity index (χ0v) is 36.6. The second-order valence-electron chi connectivity index (χ2n) is 19.0. The normalized spacial score (nSPS) is 24.1. The predicted molar refractivity (Wildman–Crippen MR) is 241 cm³/mol. The van der Waals surface area contributed by atoms with Crippen molar-refractivity contribution in [3.05, 3.63) is 103 Å². The number of hydrogen-bond acceptors (Lipinski definition) is 9. The Balaban J connectivity index is 1.07. The average molecular weight is 871 g/mol. The molecule has 64 heavy (non-hydrogen) atoms. The van der Waals surface area contributed by atoms with Gasteiger partial charge >= 0.3 is 5.97 Å². The van der Waals surface area contributed by atoms with E-state index >= 15 is 4.79 Å². The van der Waals surface area contributed by atoms with Gasteiger partial charge in [0.25, 0.3) is 0 Å². The van der Waals surface area contributed by atoms with Crippen molar-refractivity contribution in [3.8, 4) is 22.8 Å². The molecule has 14 heteroatoms. The molecule has 3 aromatic carbocycles. The van der Waals surface area contributed by atoms with Crippen LogP contribution in [0.4, 0.5) is 0 Å². The Kier molecular flexibility index (Phi) is 12.5. The monoisotopic (exact) mass is 870 g/mol. The summed E-state index contributed by atoms with van der Waals surface area (Å²) in [4.78, 5) is 77.0. The first-order chi connectivity index (χ1) is 30.6. The molecule has 7 atom stereocenters. The van der Waals surface area contributed by atoms with Gasteiger partial charge in [0.15, 0.2) is 0 Å². The number of nitrogens with zero attached hydrogens (tertiary/aromatic N) is 2. The highest BCUT2D eigenvalue weighted by Crippen LogP contribution is 2.45. The second kappa shape index (κ2) is 18.1. The number of phenols is 1. The Morgan fingerprint density at radius 2 is 1.67 bits per heavy atom. The summed E-state index contributed by atoms with van der Waals surface area (Å²) in [5.41, 5.74) is 1.69. The molecule has 2 saturated carbocycles. The van der Waals surface area contributed by atoms with Gasteiger partial charge in [-0.2, -0.15) is 0 Å². The molecule has 3 heterocycles. The number of aromatic hydroxyl groups is 1. The Labute approximate surface area is 373 Å². The minimum atomic E-state index is -1.54. The fourth-order valence-electron chi connectivity index (χ4n) is 9.72. The van der Waals surface area contributed by atoms with Gasteiger partial charge in [-0.3, -0.25) is 19.2 Å². The first-order valence-corrected chi connectivity index (χ1v) is 22.4. The number of carboxylic acid groups (broad SMARTS) is 1. The number of pyridine rings is 1. The molecule has 0 radical (unpaired) electrons. The van der Waals surface area contributed by atoms with E-state index in [0.717, 1.165) is 54.2 Å². The molecular weight excluding hydrogens is 813 g/mol. The molecule has 8 rings (SSSR count). The van der Waals surface area contributed by atoms with E-state index in [1.54, 1.807) is 12.1 Å². The Bertz CT molecular complexity index is 2450. The van der Waals surface area contributed by atoms with Crippen LogP contribution in [0.15, 0.2) is 91.5 Å². The fraction of sp³-hybridized carbons (Fsp3) is 0.440. The minimum Gasteiger partial charge on any atom is -0.508 e. The van der Waals surface area contributed by atoms with E-state index in [1.807, 2.05) is 87.5 Å². The van der Waals surface area contributed by atoms with Crippen LogP contribution >= 0.6 is 0 Å². The van der Waals surface area contributed by atoms with Crippen molar-refractivity contribution >= 4 is 40.5 Å². The smallest absolute Gasteiger partial charge is 0.330 e. The summed E-state index contributed by atoms with van der Waals surface area (Å²) in [5.74, 6) is -3.15. The first-order valence-electron chi connectivity index (χ1n) is 22.4. The lowest BCUT2D eigenvalue weighted by Gasteiger charge is -2.38. The zero-order valence-electron chi connectivity index (χ0n) is 36.6. The number of likely N-dealkylation sites (tertiary alicyclic amines) is 1. The topological polar surface area (TPSA) is 199 Å². The van der Waals surface area contributed by atoms with Gasteiger partial charge < -0.3 is 41.1 Å². The molecule has 1 aromatic heterocycles. The average Bonchev–Trinajstić information content (AvgIpc) is 3.85. The second-order valence-corrected chi connectivity index (χ2v) is 19.0. The van der Waals surface area contributed by atoms with Gasteiger partial charge in [0.05, 0.1) is 23.8 Å². The van der Waals surface area contributed by atoms with Crippen molar-refractivity contribution in [1.29, 1.82) is 0 Å². The number of carbonyl (C=O) groups is 5. The van der Waals surface area contributed by atoms with Crippen LogP contribution in [0.1, 0.15) is 76.8 Å². The number of benzene rings is 3. The highest BCUT2D eigenvalue weighted by atomic mass is 16.5. The lowest BCUT2D eigenvalue weighted by Crippen LogP contribution is -2.63. The van der Waals surface area contributed by atoms with Crippen LogP contribution in [0.3, 0.4) is 0 Å². The molecular formula is C50H58N6O8. The summed E-state index contributed by atoms with van der Waals surface area (Å²) in [5, 5.41) is 33.1. The lowest BCUT2D eigenvalue weighted by atomic mass is 9.82. The molecule has 4 aliphatic rings. The maximum atomic E-state index is 15.2. The SMILES string of the molecule is C=CC1C[C@]1(NC(=O)[C@@H]1C[C@@H](Oc2cc(-c3ccccc3)nc3ccccc23)CN1C(=O)[C@@H](NC(=O)[C@@H](NC(=O)[C@@H]1Cc2ccc(O)cc2CN1)C1CCCCC1)C(C)(C)C)C(=O)O. The van der Waals surface area contributed by atoms with E-state index in [2.05, 4.69) is 27.8 Å². The summed E-state index contributed by atoms with van der Waals surface area (Å²) in [6.07, 6.45) is 5.70. The highest BCUT2D eigenvalue weighted by molar-refractivity contribution is 5.98. The van der Waals surface area contributed by atoms with Crippen molar-refractivity contribution in [2.75, 3.05) is 6.54 Å². The van der Waals surface area contributed by atoms with Crippen molar-refractivity contribution in [3.63, 3.8) is 0 Å². The number of nitrogens with one attached hydrogen (secondary N) is 4. The zero-order chi connectivity index (χ0) is 45.3. The highest BCUT2D eigenvalue weighted by Gasteiger charge is 2.61. The van der Waals surface area contributed by atoms with E-state index in [9.17, 15) is 29.4 Å². The third kappa shape index (κ3) is 9.19. The van der Waals surface area contributed by atoms with Crippen LogP contribution in [0.5, 0.6) is 11.5 Å². The number of fused-ring (bicyclic) bond motifs is 2. The molecule has 2 aliphatic heterocycles. The Morgan fingerprint density at radius 1 is 0.938 bits per heavy atom. The molecule has 0 bridgehead atoms. The maximum Gasteiger partial charge on any atom is 0.330 e. The van der Waals surface area contributed by atoms with Gasteiger partial charge in [0.2, 0.25) is 23.6 Å². The summed E-state index contributed by atoms with van der Waals surface area (Å²) >= 11 is 0. The molecule has 3 fully saturated rings. The third-order valence-electron chi connectivity index (χ3n) is 13.5. The van der Waals surface area contributed by atoms with E-state index < -0.39 is 70.8 Å². The molecule has 336 valence electrons. The van der Waals surface area contributed by atoms with Gasteiger partial charge in [-0.1, -0.05) is 94.6 Å².